The summed E-state index contributed by atoms with van der Waals surface area (Å²) in [5, 5.41) is 1.37. The topological polar surface area (TPSA) is 36.1 Å². The molecule has 0 unspecified atom stereocenters. The predicted molar refractivity (Wildman–Crippen MR) is 100 cm³/mol. The van der Waals surface area contributed by atoms with E-state index in [4.69, 9.17) is 0 Å². The van der Waals surface area contributed by atoms with Crippen LogP contribution in [-0.2, 0) is 11.2 Å². The van der Waals surface area contributed by atoms with E-state index in [1.54, 1.807) is 0 Å². The third-order valence-corrected chi connectivity index (χ3v) is 5.78. The number of nitrogens with zero attached hydrogens (tertiary/aromatic N) is 1. The summed E-state index contributed by atoms with van der Waals surface area (Å²) in [4.78, 5) is 18.2. The summed E-state index contributed by atoms with van der Waals surface area (Å²) in [6.07, 6.45) is 5.31. The molecule has 0 spiro atoms. The maximum absolute atomic E-state index is 12.5. The molecular formula is C21H30N2O. The van der Waals surface area contributed by atoms with Gasteiger partial charge in [0.05, 0.1) is 0 Å². The first-order valence-corrected chi connectivity index (χ1v) is 9.49. The Labute approximate surface area is 145 Å². The number of aromatic nitrogens is 1. The molecule has 0 saturated carbocycles. The molecule has 130 valence electrons. The van der Waals surface area contributed by atoms with Crippen LogP contribution in [0.15, 0.2) is 24.3 Å². The van der Waals surface area contributed by atoms with Crippen molar-refractivity contribution in [1.82, 2.24) is 9.88 Å². The van der Waals surface area contributed by atoms with E-state index in [0.29, 0.717) is 11.8 Å². The summed E-state index contributed by atoms with van der Waals surface area (Å²) in [6, 6.07) is 8.59. The van der Waals surface area contributed by atoms with Crippen molar-refractivity contribution < 1.29 is 4.79 Å². The van der Waals surface area contributed by atoms with Crippen LogP contribution in [0, 0.1) is 18.8 Å². The summed E-state index contributed by atoms with van der Waals surface area (Å²) in [5.41, 5.74) is 4.01. The van der Waals surface area contributed by atoms with Gasteiger partial charge in [-0.3, -0.25) is 4.79 Å². The molecule has 1 aliphatic rings. The molecule has 24 heavy (non-hydrogen) atoms. The quantitative estimate of drug-likeness (QED) is 0.850. The second kappa shape index (κ2) is 7.42. The standard InChI is InChI=1S/C21H30N2O/c1-4-17(5-2)21(24)23-12-10-16(11-13-23)14-19-15(3)22-20-9-7-6-8-18(19)20/h6-9,16-17,22H,4-5,10-14H2,1-3H3. The summed E-state index contributed by atoms with van der Waals surface area (Å²) in [5.74, 6) is 1.28. The van der Waals surface area contributed by atoms with E-state index < -0.39 is 0 Å². The van der Waals surface area contributed by atoms with Crippen LogP contribution in [0.3, 0.4) is 0 Å². The van der Waals surface area contributed by atoms with E-state index in [1.165, 1.54) is 22.2 Å². The normalized spacial score (nSPS) is 16.2. The van der Waals surface area contributed by atoms with Crippen LogP contribution in [0.2, 0.25) is 0 Å². The zero-order chi connectivity index (χ0) is 17.1. The van der Waals surface area contributed by atoms with Crippen LogP contribution in [0.5, 0.6) is 0 Å². The summed E-state index contributed by atoms with van der Waals surface area (Å²) >= 11 is 0. The van der Waals surface area contributed by atoms with E-state index in [1.807, 2.05) is 0 Å². The van der Waals surface area contributed by atoms with Crippen molar-refractivity contribution in [3.05, 3.63) is 35.5 Å². The number of rotatable bonds is 5. The maximum Gasteiger partial charge on any atom is 0.225 e. The van der Waals surface area contributed by atoms with E-state index >= 15 is 0 Å². The first-order chi connectivity index (χ1) is 11.6. The van der Waals surface area contributed by atoms with Crippen molar-refractivity contribution in [2.24, 2.45) is 11.8 Å². The van der Waals surface area contributed by atoms with Crippen LogP contribution < -0.4 is 0 Å². The molecule has 2 heterocycles. The number of hydrogen-bond acceptors (Lipinski definition) is 1. The molecule has 1 amide bonds. The monoisotopic (exact) mass is 326 g/mol. The summed E-state index contributed by atoms with van der Waals surface area (Å²) < 4.78 is 0. The Morgan fingerprint density at radius 1 is 1.21 bits per heavy atom. The minimum atomic E-state index is 0.220. The molecule has 3 rings (SSSR count). The van der Waals surface area contributed by atoms with Crippen molar-refractivity contribution in [2.75, 3.05) is 13.1 Å². The fourth-order valence-electron chi connectivity index (χ4n) is 4.14. The Balaban J connectivity index is 1.63. The number of likely N-dealkylation sites (tertiary alicyclic amines) is 1. The predicted octanol–water partition coefficient (Wildman–Crippen LogP) is 4.69. The molecule has 1 N–H and O–H groups in total. The second-order valence-corrected chi connectivity index (χ2v) is 7.26. The van der Waals surface area contributed by atoms with Gasteiger partial charge in [-0.1, -0.05) is 32.0 Å². The van der Waals surface area contributed by atoms with Crippen LogP contribution >= 0.6 is 0 Å². The zero-order valence-corrected chi connectivity index (χ0v) is 15.3. The number of para-hydroxylation sites is 1. The molecule has 1 saturated heterocycles. The highest BCUT2D eigenvalue weighted by atomic mass is 16.2. The fraction of sp³-hybridized carbons (Fsp3) is 0.571. The molecule has 2 aromatic rings. The number of amides is 1. The van der Waals surface area contributed by atoms with Crippen LogP contribution in [0.25, 0.3) is 10.9 Å². The molecule has 0 aliphatic carbocycles. The lowest BCUT2D eigenvalue weighted by atomic mass is 9.88. The number of aromatic amines is 1. The molecule has 3 nitrogen and oxygen atoms in total. The van der Waals surface area contributed by atoms with Crippen LogP contribution in [0.4, 0.5) is 0 Å². The Kier molecular flexibility index (Phi) is 5.27. The number of piperidine rings is 1. The van der Waals surface area contributed by atoms with Crippen molar-refractivity contribution in [3.63, 3.8) is 0 Å². The van der Waals surface area contributed by atoms with Crippen LogP contribution in [0.1, 0.15) is 50.8 Å². The van der Waals surface area contributed by atoms with Gasteiger partial charge in [0.1, 0.15) is 0 Å². The SMILES string of the molecule is CCC(CC)C(=O)N1CCC(Cc2c(C)[nH]c3ccccc23)CC1. The van der Waals surface area contributed by atoms with Gasteiger partial charge in [-0.05, 0) is 56.6 Å². The van der Waals surface area contributed by atoms with Gasteiger partial charge in [-0.15, -0.1) is 0 Å². The Morgan fingerprint density at radius 2 is 1.88 bits per heavy atom. The van der Waals surface area contributed by atoms with Crippen molar-refractivity contribution in [1.29, 1.82) is 0 Å². The van der Waals surface area contributed by atoms with Crippen molar-refractivity contribution >= 4 is 16.8 Å². The smallest absolute Gasteiger partial charge is 0.225 e. The number of fused-ring (bicyclic) bond motifs is 1. The Hall–Kier alpha value is -1.77. The molecule has 0 atom stereocenters. The van der Waals surface area contributed by atoms with Crippen molar-refractivity contribution in [2.45, 2.75) is 52.9 Å². The highest BCUT2D eigenvalue weighted by Gasteiger charge is 2.27. The second-order valence-electron chi connectivity index (χ2n) is 7.26. The Bertz CT molecular complexity index is 691. The number of nitrogens with one attached hydrogen (secondary N) is 1. The number of hydrogen-bond donors (Lipinski definition) is 1. The number of aryl methyl sites for hydroxylation is 1. The fourth-order valence-corrected chi connectivity index (χ4v) is 4.14. The van der Waals surface area contributed by atoms with Gasteiger partial charge in [0.25, 0.3) is 0 Å². The zero-order valence-electron chi connectivity index (χ0n) is 15.3. The lowest BCUT2D eigenvalue weighted by Crippen LogP contribution is -2.42. The molecule has 1 aliphatic heterocycles. The van der Waals surface area contributed by atoms with E-state index in [9.17, 15) is 4.79 Å². The van der Waals surface area contributed by atoms with E-state index in [-0.39, 0.29) is 5.92 Å². The van der Waals surface area contributed by atoms with E-state index in [2.05, 4.69) is 54.9 Å². The van der Waals surface area contributed by atoms with Crippen molar-refractivity contribution in [3.8, 4) is 0 Å². The largest absolute Gasteiger partial charge is 0.358 e. The highest BCUT2D eigenvalue weighted by molar-refractivity contribution is 5.84. The maximum atomic E-state index is 12.5. The minimum absolute atomic E-state index is 0.220. The van der Waals surface area contributed by atoms with Gasteiger partial charge in [0.15, 0.2) is 0 Å². The van der Waals surface area contributed by atoms with Gasteiger partial charge in [-0.2, -0.15) is 0 Å². The van der Waals surface area contributed by atoms with E-state index in [0.717, 1.165) is 45.2 Å². The third-order valence-electron chi connectivity index (χ3n) is 5.78. The highest BCUT2D eigenvalue weighted by Crippen LogP contribution is 2.29. The van der Waals surface area contributed by atoms with Gasteiger partial charge >= 0.3 is 0 Å². The molecule has 1 aromatic heterocycles. The lowest BCUT2D eigenvalue weighted by molar-refractivity contribution is -0.137. The molecular weight excluding hydrogens is 296 g/mol. The summed E-state index contributed by atoms with van der Waals surface area (Å²) in [7, 11) is 0. The average Bonchev–Trinajstić information content (AvgIpc) is 2.92. The van der Waals surface area contributed by atoms with Gasteiger partial charge in [0.2, 0.25) is 5.91 Å². The molecule has 1 fully saturated rings. The van der Waals surface area contributed by atoms with Gasteiger partial charge in [-0.25, -0.2) is 0 Å². The van der Waals surface area contributed by atoms with Gasteiger partial charge < -0.3 is 9.88 Å². The summed E-state index contributed by atoms with van der Waals surface area (Å²) in [6.45, 7) is 8.29. The molecule has 3 heteroatoms. The molecule has 1 aromatic carbocycles. The van der Waals surface area contributed by atoms with Crippen LogP contribution in [-0.4, -0.2) is 28.9 Å². The van der Waals surface area contributed by atoms with Gasteiger partial charge in [0, 0.05) is 35.6 Å². The molecule has 0 radical (unpaired) electrons. The number of carbonyl (C=O) groups excluding carboxylic acids is 1. The first kappa shape index (κ1) is 17.1. The minimum Gasteiger partial charge on any atom is -0.358 e. The number of benzene rings is 1. The number of carbonyl (C=O) groups is 1. The average molecular weight is 326 g/mol. The molecule has 0 bridgehead atoms. The number of H-pyrrole nitrogens is 1. The Morgan fingerprint density at radius 3 is 2.54 bits per heavy atom. The lowest BCUT2D eigenvalue weighted by Gasteiger charge is -2.34. The first-order valence-electron chi connectivity index (χ1n) is 9.49. The third kappa shape index (κ3) is 3.35.